The van der Waals surface area contributed by atoms with E-state index in [1.54, 1.807) is 18.9 Å². The van der Waals surface area contributed by atoms with Crippen molar-refractivity contribution in [2.45, 2.75) is 44.8 Å². The fourth-order valence-corrected chi connectivity index (χ4v) is 9.98. The highest BCUT2D eigenvalue weighted by Crippen LogP contribution is 2.67. The summed E-state index contributed by atoms with van der Waals surface area (Å²) in [6.07, 6.45) is 11.4. The summed E-state index contributed by atoms with van der Waals surface area (Å²) in [5, 5.41) is 0. The Labute approximate surface area is 124 Å². The van der Waals surface area contributed by atoms with E-state index in [4.69, 9.17) is 0 Å². The van der Waals surface area contributed by atoms with Gasteiger partial charge in [0.2, 0.25) is 0 Å². The third-order valence-corrected chi connectivity index (χ3v) is 11.6. The molecule has 1 nitrogen and oxygen atoms in total. The molecule has 5 aliphatic rings. The summed E-state index contributed by atoms with van der Waals surface area (Å²) in [4.78, 5) is 0. The molecule has 0 radical (unpaired) electrons. The molecule has 1 aliphatic heterocycles. The van der Waals surface area contributed by atoms with Crippen molar-refractivity contribution in [1.82, 2.24) is 4.57 Å². The highest BCUT2D eigenvalue weighted by atomic mass is 28.3. The molecule has 1 saturated heterocycles. The van der Waals surface area contributed by atoms with E-state index in [1.807, 2.05) is 0 Å². The van der Waals surface area contributed by atoms with Crippen LogP contribution in [0.4, 0.5) is 0 Å². The number of allylic oxidation sites excluding steroid dienone is 2. The molecule has 7 unspecified atom stereocenters. The van der Waals surface area contributed by atoms with Crippen molar-refractivity contribution in [2.24, 2.45) is 41.4 Å². The lowest BCUT2D eigenvalue weighted by molar-refractivity contribution is 0.134. The molecule has 0 aromatic carbocycles. The summed E-state index contributed by atoms with van der Waals surface area (Å²) in [6.45, 7) is 8.12. The van der Waals surface area contributed by atoms with Gasteiger partial charge in [-0.1, -0.05) is 25.2 Å². The van der Waals surface area contributed by atoms with E-state index >= 15 is 0 Å². The number of rotatable bonds is 2. The first kappa shape index (κ1) is 12.5. The Balaban J connectivity index is 1.35. The Kier molecular flexibility index (Phi) is 2.50. The van der Waals surface area contributed by atoms with Gasteiger partial charge in [-0.25, -0.2) is 0 Å². The molecule has 0 aromatic rings. The van der Waals surface area contributed by atoms with Crippen LogP contribution in [0.15, 0.2) is 12.2 Å². The summed E-state index contributed by atoms with van der Waals surface area (Å²) >= 11 is 0. The first-order chi connectivity index (χ1) is 9.63. The van der Waals surface area contributed by atoms with Gasteiger partial charge in [-0.2, -0.15) is 0 Å². The second-order valence-corrected chi connectivity index (χ2v) is 13.9. The van der Waals surface area contributed by atoms with E-state index in [1.165, 1.54) is 25.9 Å². The van der Waals surface area contributed by atoms with Gasteiger partial charge in [-0.15, -0.1) is 0 Å². The van der Waals surface area contributed by atoms with Crippen LogP contribution >= 0.6 is 0 Å². The molecule has 3 saturated carbocycles. The lowest BCUT2D eigenvalue weighted by Gasteiger charge is -2.40. The molecule has 4 aliphatic carbocycles. The van der Waals surface area contributed by atoms with Crippen molar-refractivity contribution in [3.63, 3.8) is 0 Å². The Hall–Kier alpha value is -0.0831. The third-order valence-electron chi connectivity index (χ3n) is 7.94. The summed E-state index contributed by atoms with van der Waals surface area (Å²) < 4.78 is 2.97. The molecule has 20 heavy (non-hydrogen) atoms. The smallest absolute Gasteiger partial charge is 0.122 e. The van der Waals surface area contributed by atoms with Crippen LogP contribution in [-0.2, 0) is 0 Å². The topological polar surface area (TPSA) is 3.24 Å². The normalized spacial score (nSPS) is 55.0. The summed E-state index contributed by atoms with van der Waals surface area (Å²) in [7, 11) is -0.995. The maximum Gasteiger partial charge on any atom is 0.122 e. The highest BCUT2D eigenvalue weighted by Gasteiger charge is 2.61. The van der Waals surface area contributed by atoms with Crippen LogP contribution < -0.4 is 0 Å². The van der Waals surface area contributed by atoms with E-state index in [-0.39, 0.29) is 0 Å². The molecule has 2 heteroatoms. The van der Waals surface area contributed by atoms with Gasteiger partial charge in [0.25, 0.3) is 0 Å². The number of fused-ring (bicyclic) bond motifs is 9. The van der Waals surface area contributed by atoms with Crippen molar-refractivity contribution in [1.29, 1.82) is 0 Å². The second-order valence-electron chi connectivity index (χ2n) is 9.12. The quantitative estimate of drug-likeness (QED) is 0.422. The molecular weight excluding hydrogens is 258 g/mol. The lowest BCUT2D eigenvalue weighted by atomic mass is 9.69. The molecule has 1 heterocycles. The summed E-state index contributed by atoms with van der Waals surface area (Å²) in [5.74, 6) is 7.51. The van der Waals surface area contributed by atoms with E-state index in [0.717, 1.165) is 41.4 Å². The van der Waals surface area contributed by atoms with Gasteiger partial charge in [-0.3, -0.25) is 0 Å². The maximum absolute atomic E-state index is 2.97. The number of hydrogen-bond acceptors (Lipinski definition) is 1. The largest absolute Gasteiger partial charge is 0.323 e. The Morgan fingerprint density at radius 1 is 1.05 bits per heavy atom. The minimum absolute atomic E-state index is 0.992. The van der Waals surface area contributed by atoms with Crippen LogP contribution in [0.3, 0.4) is 0 Å². The van der Waals surface area contributed by atoms with Crippen molar-refractivity contribution >= 4 is 8.24 Å². The highest BCUT2D eigenvalue weighted by molar-refractivity contribution is 6.75. The molecule has 0 amide bonds. The van der Waals surface area contributed by atoms with E-state index < -0.39 is 8.24 Å². The summed E-state index contributed by atoms with van der Waals surface area (Å²) in [5.41, 5.74) is 0. The Morgan fingerprint density at radius 3 is 2.60 bits per heavy atom. The van der Waals surface area contributed by atoms with Gasteiger partial charge in [0, 0.05) is 0 Å². The zero-order chi connectivity index (χ0) is 13.5. The number of hydrogen-bond donors (Lipinski definition) is 0. The van der Waals surface area contributed by atoms with Crippen LogP contribution in [0.2, 0.25) is 19.1 Å². The zero-order valence-electron chi connectivity index (χ0n) is 13.1. The fraction of sp³-hybridized carbons (Fsp3) is 0.889. The van der Waals surface area contributed by atoms with Gasteiger partial charge >= 0.3 is 0 Å². The minimum atomic E-state index is -0.995. The average Bonchev–Trinajstić information content (AvgIpc) is 3.16. The molecule has 4 fully saturated rings. The van der Waals surface area contributed by atoms with Crippen molar-refractivity contribution in [3.05, 3.63) is 12.2 Å². The second kappa shape index (κ2) is 4.01. The summed E-state index contributed by atoms with van der Waals surface area (Å²) in [6, 6.07) is 1.55. The van der Waals surface area contributed by atoms with E-state index in [9.17, 15) is 0 Å². The Morgan fingerprint density at radius 2 is 1.85 bits per heavy atom. The van der Waals surface area contributed by atoms with Crippen LogP contribution in [-0.4, -0.2) is 25.9 Å². The van der Waals surface area contributed by atoms with Gasteiger partial charge < -0.3 is 4.57 Å². The SMILES string of the molecule is C[Si]1(C)CCCN1CC1CC2CC1C1C3C=CC(C3)C21. The third kappa shape index (κ3) is 1.53. The van der Waals surface area contributed by atoms with Gasteiger partial charge in [0.1, 0.15) is 8.24 Å². The van der Waals surface area contributed by atoms with Gasteiger partial charge in [0.05, 0.1) is 0 Å². The Bertz CT molecular complexity index is 456. The number of nitrogens with zero attached hydrogens (tertiary/aromatic N) is 1. The standard InChI is InChI=1S/C18H29NSi/c1-20(2)7-3-6-19(20)11-15-9-14-10-16(15)18-13-5-4-12(8-13)17(14)18/h4-5,12-18H,3,6-11H2,1-2H3. The molecule has 0 aromatic heterocycles. The molecule has 0 spiro atoms. The molecule has 110 valence electrons. The van der Waals surface area contributed by atoms with Crippen molar-refractivity contribution in [2.75, 3.05) is 13.1 Å². The molecular formula is C18H29NSi. The first-order valence-corrected chi connectivity index (χ1v) is 12.2. The zero-order valence-corrected chi connectivity index (χ0v) is 14.1. The predicted molar refractivity (Wildman–Crippen MR) is 85.9 cm³/mol. The maximum atomic E-state index is 2.97. The minimum Gasteiger partial charge on any atom is -0.323 e. The van der Waals surface area contributed by atoms with Crippen LogP contribution in [0.1, 0.15) is 25.7 Å². The van der Waals surface area contributed by atoms with Crippen LogP contribution in [0.25, 0.3) is 0 Å². The molecule has 7 atom stereocenters. The van der Waals surface area contributed by atoms with Crippen LogP contribution in [0.5, 0.6) is 0 Å². The molecule has 5 rings (SSSR count). The monoisotopic (exact) mass is 287 g/mol. The van der Waals surface area contributed by atoms with E-state index in [2.05, 4.69) is 29.8 Å². The fourth-order valence-electron chi connectivity index (χ4n) is 7.15. The van der Waals surface area contributed by atoms with Crippen LogP contribution in [0, 0.1) is 41.4 Å². The predicted octanol–water partition coefficient (Wildman–Crippen LogP) is 3.99. The van der Waals surface area contributed by atoms with Gasteiger partial charge in [0.15, 0.2) is 0 Å². The molecule has 4 bridgehead atoms. The van der Waals surface area contributed by atoms with Crippen molar-refractivity contribution in [3.8, 4) is 0 Å². The average molecular weight is 288 g/mol. The molecule has 0 N–H and O–H groups in total. The van der Waals surface area contributed by atoms with Crippen molar-refractivity contribution < 1.29 is 0 Å². The first-order valence-electron chi connectivity index (χ1n) is 9.07. The van der Waals surface area contributed by atoms with Gasteiger partial charge in [-0.05, 0) is 86.2 Å². The lowest BCUT2D eigenvalue weighted by Crippen LogP contribution is -2.47. The van der Waals surface area contributed by atoms with E-state index in [0.29, 0.717) is 0 Å².